The molecule has 13 heteroatoms. The molecular formula is C46H75NO12. The van der Waals surface area contributed by atoms with E-state index in [1.165, 1.54) is 14.2 Å². The molecule has 13 nitrogen and oxygen atoms in total. The van der Waals surface area contributed by atoms with Crippen molar-refractivity contribution in [3.05, 3.63) is 78.4 Å². The van der Waals surface area contributed by atoms with Crippen LogP contribution in [0, 0.1) is 41.4 Å². The van der Waals surface area contributed by atoms with Gasteiger partial charge in [-0.2, -0.15) is 0 Å². The van der Waals surface area contributed by atoms with E-state index in [-0.39, 0.29) is 62.3 Å². The minimum atomic E-state index is -0.917. The van der Waals surface area contributed by atoms with E-state index in [4.69, 9.17) is 43.6 Å². The molecule has 0 radical (unpaired) electrons. The van der Waals surface area contributed by atoms with Gasteiger partial charge in [-0.1, -0.05) is 102 Å². The Morgan fingerprint density at radius 1 is 0.780 bits per heavy atom. The Balaban J connectivity index is 3.19. The number of hydrogen-bond donors (Lipinski definition) is 3. The summed E-state index contributed by atoms with van der Waals surface area (Å²) in [5.74, 6) is -1.75. The molecule has 1 amide bonds. The number of ether oxygens (including phenoxy) is 8. The van der Waals surface area contributed by atoms with Gasteiger partial charge in [0.2, 0.25) is 0 Å². The number of primary amides is 1. The van der Waals surface area contributed by atoms with Crippen LogP contribution in [0.1, 0.15) is 73.8 Å². The maximum absolute atomic E-state index is 12.7. The van der Waals surface area contributed by atoms with Crippen LogP contribution in [0.5, 0.6) is 5.75 Å². The third-order valence-electron chi connectivity index (χ3n) is 10.9. The molecule has 0 fully saturated rings. The summed E-state index contributed by atoms with van der Waals surface area (Å²) in [6.45, 7) is 19.5. The van der Waals surface area contributed by atoms with Gasteiger partial charge in [-0.25, -0.2) is 4.79 Å². The fraction of sp³-hybridized carbons (Fsp3) is 0.652. The second-order valence-corrected chi connectivity index (χ2v) is 15.8. The van der Waals surface area contributed by atoms with Crippen LogP contribution in [0.4, 0.5) is 4.79 Å². The van der Waals surface area contributed by atoms with Gasteiger partial charge in [0.15, 0.2) is 0 Å². The van der Waals surface area contributed by atoms with E-state index < -0.39 is 54.4 Å². The van der Waals surface area contributed by atoms with Crippen LogP contribution in [0.25, 0.3) is 0 Å². The Morgan fingerprint density at radius 3 is 1.95 bits per heavy atom. The van der Waals surface area contributed by atoms with Crippen LogP contribution in [-0.4, -0.2) is 101 Å². The van der Waals surface area contributed by atoms with Crippen molar-refractivity contribution >= 4 is 12.1 Å². The van der Waals surface area contributed by atoms with Crippen molar-refractivity contribution in [1.82, 2.24) is 0 Å². The predicted octanol–water partition coefficient (Wildman–Crippen LogP) is 7.39. The predicted molar refractivity (Wildman–Crippen MR) is 229 cm³/mol. The molecule has 336 valence electrons. The van der Waals surface area contributed by atoms with Gasteiger partial charge in [0.1, 0.15) is 25.4 Å². The van der Waals surface area contributed by atoms with Crippen molar-refractivity contribution in [1.29, 1.82) is 0 Å². The Morgan fingerprint density at radius 2 is 1.39 bits per heavy atom. The van der Waals surface area contributed by atoms with Crippen molar-refractivity contribution in [3.63, 3.8) is 0 Å². The molecule has 1 aromatic carbocycles. The molecule has 0 aromatic heterocycles. The Hall–Kier alpha value is -3.56. The summed E-state index contributed by atoms with van der Waals surface area (Å²) in [7, 11) is 6.04. The minimum Gasteiger partial charge on any atom is -0.497 e. The van der Waals surface area contributed by atoms with Gasteiger partial charge >= 0.3 is 12.1 Å². The molecule has 0 heterocycles. The smallest absolute Gasteiger partial charge is 0.404 e. The van der Waals surface area contributed by atoms with Crippen LogP contribution in [0.3, 0.4) is 0 Å². The Labute approximate surface area is 353 Å². The molecule has 0 aliphatic carbocycles. The van der Waals surface area contributed by atoms with E-state index in [1.807, 2.05) is 84.0 Å². The lowest BCUT2D eigenvalue weighted by atomic mass is 9.81. The van der Waals surface area contributed by atoms with Crippen molar-refractivity contribution in [2.75, 3.05) is 42.0 Å². The summed E-state index contributed by atoms with van der Waals surface area (Å²) in [5.41, 5.74) is 7.34. The molecular weight excluding hydrogens is 759 g/mol. The fourth-order valence-electron chi connectivity index (χ4n) is 7.50. The highest BCUT2D eigenvalue weighted by atomic mass is 16.7. The van der Waals surface area contributed by atoms with E-state index in [0.29, 0.717) is 6.42 Å². The van der Waals surface area contributed by atoms with Crippen molar-refractivity contribution in [3.8, 4) is 5.75 Å². The third-order valence-corrected chi connectivity index (χ3v) is 10.9. The number of hydrogen-bond acceptors (Lipinski definition) is 12. The monoisotopic (exact) mass is 834 g/mol. The lowest BCUT2D eigenvalue weighted by molar-refractivity contribution is -0.155. The summed E-state index contributed by atoms with van der Waals surface area (Å²) < 4.78 is 44.8. The molecule has 1 rings (SSSR count). The van der Waals surface area contributed by atoms with Gasteiger partial charge in [0.25, 0.3) is 0 Å². The number of aliphatic hydroxyl groups excluding tert-OH is 2. The number of benzene rings is 1. The highest BCUT2D eigenvalue weighted by Crippen LogP contribution is 2.30. The maximum atomic E-state index is 12.7. The van der Waals surface area contributed by atoms with Crippen LogP contribution >= 0.6 is 0 Å². The van der Waals surface area contributed by atoms with Crippen LogP contribution in [0.2, 0.25) is 0 Å². The zero-order chi connectivity index (χ0) is 44.7. The normalized spacial score (nSPS) is 19.1. The number of methoxy groups -OCH3 is 4. The SMILES string of the molecule is C=C/C=C\[C@H](C)[C@H](OC(N)=O)[C@@H](C)[C@H](O)[C@@H](C)C/C(C)=C\[C@H](C)[C@@H](OCOC)[C@@H](C)/C=C\[C@H](C[C@H](O)[C@H](C)[C@H](OCc1ccc(OC)cc1)[C@@H](C)C(=O)OC)OCOC. The number of aliphatic hydroxyl groups is 2. The highest BCUT2D eigenvalue weighted by Gasteiger charge is 2.36. The van der Waals surface area contributed by atoms with E-state index >= 15 is 0 Å². The first-order valence-electron chi connectivity index (χ1n) is 20.5. The van der Waals surface area contributed by atoms with E-state index in [0.717, 1.165) is 16.9 Å². The maximum Gasteiger partial charge on any atom is 0.404 e. The van der Waals surface area contributed by atoms with Crippen LogP contribution < -0.4 is 10.5 Å². The van der Waals surface area contributed by atoms with Gasteiger partial charge in [0.05, 0.1) is 57.3 Å². The number of amides is 1. The molecule has 0 aliphatic rings. The van der Waals surface area contributed by atoms with Crippen molar-refractivity contribution < 1.29 is 57.7 Å². The first-order chi connectivity index (χ1) is 27.9. The second-order valence-electron chi connectivity index (χ2n) is 15.8. The number of nitrogens with two attached hydrogens (primary N) is 1. The van der Waals surface area contributed by atoms with Crippen molar-refractivity contribution in [2.45, 2.75) is 111 Å². The Kier molecular flexibility index (Phi) is 26.1. The number of carbonyl (C=O) groups is 2. The average Bonchev–Trinajstić information content (AvgIpc) is 3.21. The Bertz CT molecular complexity index is 1430. The molecule has 0 saturated heterocycles. The van der Waals surface area contributed by atoms with Crippen LogP contribution in [0.15, 0.2) is 72.9 Å². The molecule has 0 aliphatic heterocycles. The topological polar surface area (TPSA) is 174 Å². The molecule has 1 aromatic rings. The molecule has 0 unspecified atom stereocenters. The summed E-state index contributed by atoms with van der Waals surface area (Å²) in [6.07, 6.45) is 7.45. The lowest BCUT2D eigenvalue weighted by Gasteiger charge is -2.33. The summed E-state index contributed by atoms with van der Waals surface area (Å²) in [4.78, 5) is 24.4. The van der Waals surface area contributed by atoms with Gasteiger partial charge in [-0.3, -0.25) is 4.79 Å². The molecule has 59 heavy (non-hydrogen) atoms. The first kappa shape index (κ1) is 53.5. The minimum absolute atomic E-state index is 0.00484. The first-order valence-corrected chi connectivity index (χ1v) is 20.5. The summed E-state index contributed by atoms with van der Waals surface area (Å²) >= 11 is 0. The molecule has 13 atom stereocenters. The fourth-order valence-corrected chi connectivity index (χ4v) is 7.50. The number of rotatable bonds is 30. The highest BCUT2D eigenvalue weighted by molar-refractivity contribution is 5.72. The summed E-state index contributed by atoms with van der Waals surface area (Å²) in [6, 6.07) is 7.46. The molecule has 4 N–H and O–H groups in total. The zero-order valence-corrected chi connectivity index (χ0v) is 37.6. The van der Waals surface area contributed by atoms with E-state index in [9.17, 15) is 19.8 Å². The molecule has 0 spiro atoms. The average molecular weight is 834 g/mol. The quantitative estimate of drug-likeness (QED) is 0.0304. The van der Waals surface area contributed by atoms with Gasteiger partial charge in [-0.05, 0) is 43.9 Å². The summed E-state index contributed by atoms with van der Waals surface area (Å²) in [5, 5.41) is 23.0. The van der Waals surface area contributed by atoms with Gasteiger partial charge in [0, 0.05) is 50.2 Å². The number of esters is 1. The zero-order valence-electron chi connectivity index (χ0n) is 37.6. The largest absolute Gasteiger partial charge is 0.497 e. The third kappa shape index (κ3) is 19.1. The van der Waals surface area contributed by atoms with Crippen LogP contribution in [-0.2, 0) is 44.6 Å². The van der Waals surface area contributed by atoms with Gasteiger partial charge in [-0.15, -0.1) is 0 Å². The molecule has 0 bridgehead atoms. The van der Waals surface area contributed by atoms with E-state index in [2.05, 4.69) is 19.6 Å². The second kappa shape index (κ2) is 28.8. The van der Waals surface area contributed by atoms with Crippen molar-refractivity contribution in [2.24, 2.45) is 47.2 Å². The molecule has 0 saturated carbocycles. The van der Waals surface area contributed by atoms with Gasteiger partial charge < -0.3 is 53.8 Å². The standard InChI is InChI=1S/C46H75NO12/c1-14-15-16-30(3)43(59-46(47)51)35(8)41(49)32(5)23-29(2)24-33(6)42(58-28-53-11)31(4)17-20-39(57-27-52-10)25-40(48)34(7)44(36(9)45(50)55-13)56-26-37-18-21-38(54-12)22-19-37/h14-22,24,30-36,39-44,48-49H,1,23,25-28H2,2-13H3,(H2,47,51)/b16-15-,20-17-,29-24-/t30-,31-,32-,33-,34-,35-,36+,39+,40-,41+,42-,43-,44-/m0/s1. The lowest BCUT2D eigenvalue weighted by Crippen LogP contribution is -2.41. The number of carbonyl (C=O) groups excluding carboxylic acids is 2. The van der Waals surface area contributed by atoms with E-state index in [1.54, 1.807) is 33.3 Å². The number of allylic oxidation sites excluding steroid dienone is 3.